The molecule has 0 spiro atoms. The highest BCUT2D eigenvalue weighted by atomic mass is 32.1. The summed E-state index contributed by atoms with van der Waals surface area (Å²) in [5.74, 6) is 1.10. The lowest BCUT2D eigenvalue weighted by atomic mass is 10.1. The van der Waals surface area contributed by atoms with Crippen LogP contribution in [-0.4, -0.2) is 65.3 Å². The van der Waals surface area contributed by atoms with E-state index in [4.69, 9.17) is 9.15 Å². The second kappa shape index (κ2) is 9.25. The highest BCUT2D eigenvalue weighted by Gasteiger charge is 2.24. The Labute approximate surface area is 157 Å². The van der Waals surface area contributed by atoms with E-state index in [1.165, 1.54) is 0 Å². The number of piperidine rings is 1. The maximum Gasteiger partial charge on any atom is 0.257 e. The Kier molecular flexibility index (Phi) is 6.76. The predicted molar refractivity (Wildman–Crippen MR) is 99.8 cm³/mol. The second-order valence-corrected chi connectivity index (χ2v) is 7.45. The molecule has 1 fully saturated rings. The summed E-state index contributed by atoms with van der Waals surface area (Å²) in [4.78, 5) is 17.7. The Morgan fingerprint density at radius 1 is 1.42 bits per heavy atom. The molecule has 0 N–H and O–H groups in total. The van der Waals surface area contributed by atoms with Gasteiger partial charge < -0.3 is 14.1 Å². The number of aromatic nitrogens is 2. The number of rotatable bonds is 8. The van der Waals surface area contributed by atoms with Crippen molar-refractivity contribution in [2.75, 3.05) is 33.3 Å². The molecule has 0 radical (unpaired) electrons. The van der Waals surface area contributed by atoms with Crippen molar-refractivity contribution >= 4 is 17.2 Å². The minimum Gasteiger partial charge on any atom is -0.418 e. The van der Waals surface area contributed by atoms with E-state index in [0.717, 1.165) is 37.2 Å². The van der Waals surface area contributed by atoms with E-state index in [1.54, 1.807) is 18.4 Å². The highest BCUT2D eigenvalue weighted by Crippen LogP contribution is 2.23. The quantitative estimate of drug-likeness (QED) is 0.703. The average Bonchev–Trinajstić information content (AvgIpc) is 3.33. The molecule has 1 saturated heterocycles. The van der Waals surface area contributed by atoms with Gasteiger partial charge in [-0.3, -0.25) is 9.69 Å². The van der Waals surface area contributed by atoms with Gasteiger partial charge in [-0.25, -0.2) is 0 Å². The first-order valence-electron chi connectivity index (χ1n) is 9.08. The normalized spacial score (nSPS) is 16.1. The van der Waals surface area contributed by atoms with Crippen LogP contribution in [0.1, 0.15) is 32.1 Å². The molecule has 3 heterocycles. The predicted octanol–water partition coefficient (Wildman–Crippen LogP) is 2.65. The van der Waals surface area contributed by atoms with Gasteiger partial charge in [0, 0.05) is 26.7 Å². The summed E-state index contributed by atoms with van der Waals surface area (Å²) >= 11 is 1.56. The average molecular weight is 378 g/mol. The minimum atomic E-state index is 0.110. The fourth-order valence-corrected chi connectivity index (χ4v) is 3.78. The molecule has 0 atom stereocenters. The minimum absolute atomic E-state index is 0.110. The van der Waals surface area contributed by atoms with Crippen LogP contribution in [0.25, 0.3) is 10.8 Å². The number of ether oxygens (including phenoxy) is 1. The van der Waals surface area contributed by atoms with Crippen LogP contribution in [0.2, 0.25) is 0 Å². The number of likely N-dealkylation sites (tertiary alicyclic amines) is 1. The summed E-state index contributed by atoms with van der Waals surface area (Å²) in [6.45, 7) is 5.34. The Balaban J connectivity index is 1.57. The molecule has 0 saturated carbocycles. The number of amides is 1. The Morgan fingerprint density at radius 3 is 2.88 bits per heavy atom. The molecular formula is C18H26N4O3S. The van der Waals surface area contributed by atoms with E-state index in [2.05, 4.69) is 22.0 Å². The van der Waals surface area contributed by atoms with Gasteiger partial charge in [-0.1, -0.05) is 13.0 Å². The maximum absolute atomic E-state index is 12.8. The lowest BCUT2D eigenvalue weighted by Crippen LogP contribution is -2.44. The van der Waals surface area contributed by atoms with Gasteiger partial charge >= 0.3 is 0 Å². The fourth-order valence-electron chi connectivity index (χ4n) is 3.14. The van der Waals surface area contributed by atoms with Crippen molar-refractivity contribution in [2.45, 2.75) is 38.8 Å². The Bertz CT molecular complexity index is 680. The second-order valence-electron chi connectivity index (χ2n) is 6.50. The summed E-state index contributed by atoms with van der Waals surface area (Å²) in [6.07, 6.45) is 3.17. The van der Waals surface area contributed by atoms with Gasteiger partial charge in [-0.05, 0) is 30.7 Å². The third-order valence-electron chi connectivity index (χ3n) is 4.60. The highest BCUT2D eigenvalue weighted by molar-refractivity contribution is 7.13. The SMILES string of the molecule is CCCN(Cc1nnc(-c2cccs2)o1)C(=O)CN1CCC(OC)CC1. The molecule has 2 aromatic rings. The van der Waals surface area contributed by atoms with Crippen LogP contribution in [-0.2, 0) is 16.1 Å². The van der Waals surface area contributed by atoms with Crippen molar-refractivity contribution in [2.24, 2.45) is 0 Å². The summed E-state index contributed by atoms with van der Waals surface area (Å²) in [5, 5.41) is 10.2. The van der Waals surface area contributed by atoms with E-state index in [9.17, 15) is 4.79 Å². The standard InChI is InChI=1S/C18H26N4O3S/c1-3-8-22(17(23)13-21-9-6-14(24-2)7-10-21)12-16-19-20-18(25-16)15-5-4-11-26-15/h4-5,11,14H,3,6-10,12-13H2,1-2H3. The van der Waals surface area contributed by atoms with Gasteiger partial charge in [-0.15, -0.1) is 21.5 Å². The number of methoxy groups -OCH3 is 1. The van der Waals surface area contributed by atoms with Crippen molar-refractivity contribution in [3.8, 4) is 10.8 Å². The van der Waals surface area contributed by atoms with Crippen molar-refractivity contribution in [1.29, 1.82) is 0 Å². The monoisotopic (exact) mass is 378 g/mol. The van der Waals surface area contributed by atoms with Gasteiger partial charge in [0.05, 0.1) is 24.1 Å². The van der Waals surface area contributed by atoms with Gasteiger partial charge in [-0.2, -0.15) is 0 Å². The molecular weight excluding hydrogens is 352 g/mol. The third kappa shape index (κ3) is 4.90. The Morgan fingerprint density at radius 2 is 2.23 bits per heavy atom. The van der Waals surface area contributed by atoms with Crippen LogP contribution in [0.3, 0.4) is 0 Å². The number of thiophene rings is 1. The zero-order chi connectivity index (χ0) is 18.4. The molecule has 0 aliphatic carbocycles. The largest absolute Gasteiger partial charge is 0.418 e. The van der Waals surface area contributed by atoms with E-state index >= 15 is 0 Å². The zero-order valence-electron chi connectivity index (χ0n) is 15.4. The molecule has 7 nitrogen and oxygen atoms in total. The first-order chi connectivity index (χ1) is 12.7. The number of hydrogen-bond acceptors (Lipinski definition) is 7. The van der Waals surface area contributed by atoms with Crippen LogP contribution < -0.4 is 0 Å². The number of carbonyl (C=O) groups is 1. The lowest BCUT2D eigenvalue weighted by Gasteiger charge is -2.32. The van der Waals surface area contributed by atoms with Gasteiger partial charge in [0.15, 0.2) is 0 Å². The number of carbonyl (C=O) groups excluding carboxylic acids is 1. The maximum atomic E-state index is 12.8. The molecule has 3 rings (SSSR count). The van der Waals surface area contributed by atoms with E-state index in [0.29, 0.717) is 37.5 Å². The summed E-state index contributed by atoms with van der Waals surface area (Å²) in [5.41, 5.74) is 0. The van der Waals surface area contributed by atoms with Crippen LogP contribution in [0.15, 0.2) is 21.9 Å². The first kappa shape index (κ1) is 19.0. The molecule has 0 bridgehead atoms. The molecule has 26 heavy (non-hydrogen) atoms. The molecule has 0 unspecified atom stereocenters. The summed E-state index contributed by atoms with van der Waals surface area (Å²) in [7, 11) is 1.75. The van der Waals surface area contributed by atoms with Crippen molar-refractivity contribution in [3.63, 3.8) is 0 Å². The molecule has 1 amide bonds. The fraction of sp³-hybridized carbons (Fsp3) is 0.611. The molecule has 142 valence electrons. The van der Waals surface area contributed by atoms with E-state index in [-0.39, 0.29) is 5.91 Å². The molecule has 0 aromatic carbocycles. The Hall–Kier alpha value is -1.77. The summed E-state index contributed by atoms with van der Waals surface area (Å²) in [6, 6.07) is 3.89. The van der Waals surface area contributed by atoms with Gasteiger partial charge in [0.1, 0.15) is 0 Å². The third-order valence-corrected chi connectivity index (χ3v) is 5.46. The molecule has 1 aliphatic heterocycles. The zero-order valence-corrected chi connectivity index (χ0v) is 16.2. The van der Waals surface area contributed by atoms with Gasteiger partial charge in [0.2, 0.25) is 11.8 Å². The molecule has 1 aliphatic rings. The van der Waals surface area contributed by atoms with Crippen LogP contribution in [0.4, 0.5) is 0 Å². The topological polar surface area (TPSA) is 71.7 Å². The van der Waals surface area contributed by atoms with Crippen molar-refractivity contribution < 1.29 is 13.9 Å². The van der Waals surface area contributed by atoms with Crippen molar-refractivity contribution in [3.05, 3.63) is 23.4 Å². The number of nitrogens with zero attached hydrogens (tertiary/aromatic N) is 4. The van der Waals surface area contributed by atoms with E-state index < -0.39 is 0 Å². The van der Waals surface area contributed by atoms with Crippen molar-refractivity contribution in [1.82, 2.24) is 20.0 Å². The first-order valence-corrected chi connectivity index (χ1v) is 9.96. The number of hydrogen-bond donors (Lipinski definition) is 0. The smallest absolute Gasteiger partial charge is 0.257 e. The molecule has 2 aromatic heterocycles. The van der Waals surface area contributed by atoms with Gasteiger partial charge in [0.25, 0.3) is 5.89 Å². The van der Waals surface area contributed by atoms with Crippen LogP contribution >= 0.6 is 11.3 Å². The van der Waals surface area contributed by atoms with Crippen LogP contribution in [0.5, 0.6) is 0 Å². The summed E-state index contributed by atoms with van der Waals surface area (Å²) < 4.78 is 11.1. The molecule has 8 heteroatoms. The van der Waals surface area contributed by atoms with E-state index in [1.807, 2.05) is 22.4 Å². The van der Waals surface area contributed by atoms with Crippen LogP contribution in [0, 0.1) is 0 Å². The lowest BCUT2D eigenvalue weighted by molar-refractivity contribution is -0.134.